The van der Waals surface area contributed by atoms with E-state index in [2.05, 4.69) is 45.4 Å². The minimum Gasteiger partial charge on any atom is -0.378 e. The topological polar surface area (TPSA) is 78.2 Å². The Kier molecular flexibility index (Phi) is 11.0. The highest BCUT2D eigenvalue weighted by Gasteiger charge is 2.24. The van der Waals surface area contributed by atoms with Crippen LogP contribution < -0.4 is 5.32 Å². The van der Waals surface area contributed by atoms with Gasteiger partial charge in [0.05, 0.1) is 19.8 Å². The average molecular weight is 547 g/mol. The summed E-state index contributed by atoms with van der Waals surface area (Å²) in [5.41, 5.74) is 0. The van der Waals surface area contributed by atoms with Crippen LogP contribution in [0.25, 0.3) is 0 Å². The van der Waals surface area contributed by atoms with Crippen molar-refractivity contribution < 1.29 is 9.53 Å². The molecule has 1 N–H and O–H groups in total. The van der Waals surface area contributed by atoms with Crippen LogP contribution in [0.15, 0.2) is 17.4 Å². The number of halogens is 1. The molecule has 2 aliphatic heterocycles. The van der Waals surface area contributed by atoms with Gasteiger partial charge in [0.25, 0.3) is 0 Å². The lowest BCUT2D eigenvalue weighted by molar-refractivity contribution is -0.136. The fraction of sp³-hybridized carbons (Fsp3) is 0.762. The van der Waals surface area contributed by atoms with E-state index in [9.17, 15) is 4.79 Å². The smallest absolute Gasteiger partial charge is 0.236 e. The number of morpholine rings is 1. The van der Waals surface area contributed by atoms with Crippen LogP contribution in [-0.4, -0.2) is 102 Å². The summed E-state index contributed by atoms with van der Waals surface area (Å²) in [4.78, 5) is 28.3. The third kappa shape index (κ3) is 7.90. The molecule has 0 atom stereocenters. The molecule has 0 saturated carbocycles. The second-order valence-corrected chi connectivity index (χ2v) is 8.32. The number of imidazole rings is 1. The van der Waals surface area contributed by atoms with Crippen LogP contribution in [0.2, 0.25) is 0 Å². The number of nitrogens with one attached hydrogen (secondary N) is 1. The highest BCUT2D eigenvalue weighted by molar-refractivity contribution is 14.0. The standard InChI is InChI=1S/C21H37N7O2.HI/c1-4-22-21(24-15-19-23-5-6-28(19)16-18(2)3)27-9-7-25(8-10-27)17-20(29)26-11-13-30-14-12-26;/h5-6,18H,4,7-17H2,1-3H3,(H,22,24);1H. The Labute approximate surface area is 203 Å². The molecule has 0 radical (unpaired) electrons. The largest absolute Gasteiger partial charge is 0.378 e. The monoisotopic (exact) mass is 547 g/mol. The maximum Gasteiger partial charge on any atom is 0.236 e. The molecule has 1 aromatic rings. The molecule has 2 saturated heterocycles. The first-order chi connectivity index (χ1) is 14.6. The molecule has 0 aliphatic carbocycles. The molecule has 3 rings (SSSR count). The van der Waals surface area contributed by atoms with E-state index in [1.165, 1.54) is 0 Å². The van der Waals surface area contributed by atoms with Gasteiger partial charge < -0.3 is 24.4 Å². The summed E-state index contributed by atoms with van der Waals surface area (Å²) in [6.07, 6.45) is 3.88. The second-order valence-electron chi connectivity index (χ2n) is 8.32. The van der Waals surface area contributed by atoms with Gasteiger partial charge in [-0.3, -0.25) is 9.69 Å². The predicted molar refractivity (Wildman–Crippen MR) is 133 cm³/mol. The lowest BCUT2D eigenvalue weighted by Crippen LogP contribution is -2.54. The van der Waals surface area contributed by atoms with Crippen LogP contribution in [0, 0.1) is 5.92 Å². The van der Waals surface area contributed by atoms with Gasteiger partial charge in [0, 0.05) is 64.8 Å². The van der Waals surface area contributed by atoms with Crippen molar-refractivity contribution in [3.8, 4) is 0 Å². The molecule has 10 heteroatoms. The molecule has 31 heavy (non-hydrogen) atoms. The average Bonchev–Trinajstić information content (AvgIpc) is 3.18. The summed E-state index contributed by atoms with van der Waals surface area (Å²) >= 11 is 0. The van der Waals surface area contributed by atoms with Crippen molar-refractivity contribution in [2.45, 2.75) is 33.9 Å². The summed E-state index contributed by atoms with van der Waals surface area (Å²) in [5.74, 6) is 2.71. The molecule has 0 unspecified atom stereocenters. The Balaban J connectivity index is 0.00000341. The summed E-state index contributed by atoms with van der Waals surface area (Å²) in [7, 11) is 0. The van der Waals surface area contributed by atoms with Crippen LogP contribution in [0.5, 0.6) is 0 Å². The Morgan fingerprint density at radius 2 is 1.87 bits per heavy atom. The second kappa shape index (κ2) is 13.2. The van der Waals surface area contributed by atoms with Crippen molar-refractivity contribution >= 4 is 35.8 Å². The first-order valence-corrected chi connectivity index (χ1v) is 11.2. The van der Waals surface area contributed by atoms with E-state index in [0.717, 1.165) is 51.1 Å². The fourth-order valence-electron chi connectivity index (χ4n) is 3.84. The molecular formula is C21H38IN7O2. The molecule has 2 aliphatic rings. The van der Waals surface area contributed by atoms with Gasteiger partial charge in [0.1, 0.15) is 12.4 Å². The quantitative estimate of drug-likeness (QED) is 0.313. The lowest BCUT2D eigenvalue weighted by Gasteiger charge is -2.37. The number of guanidine groups is 1. The SMILES string of the molecule is CCNC(=NCc1nccn1CC(C)C)N1CCN(CC(=O)N2CCOCC2)CC1.I. The number of aliphatic imine (C=N–C) groups is 1. The van der Waals surface area contributed by atoms with Gasteiger partial charge in [-0.2, -0.15) is 0 Å². The van der Waals surface area contributed by atoms with Crippen LogP contribution in [-0.2, 0) is 22.6 Å². The third-order valence-electron chi connectivity index (χ3n) is 5.46. The summed E-state index contributed by atoms with van der Waals surface area (Å²) in [5, 5.41) is 3.41. The Morgan fingerprint density at radius 3 is 2.52 bits per heavy atom. The molecule has 0 spiro atoms. The van der Waals surface area contributed by atoms with Gasteiger partial charge in [-0.05, 0) is 12.8 Å². The van der Waals surface area contributed by atoms with E-state index in [-0.39, 0.29) is 29.9 Å². The number of hydrogen-bond donors (Lipinski definition) is 1. The van der Waals surface area contributed by atoms with E-state index in [1.54, 1.807) is 0 Å². The van der Waals surface area contributed by atoms with E-state index < -0.39 is 0 Å². The van der Waals surface area contributed by atoms with Gasteiger partial charge >= 0.3 is 0 Å². The van der Waals surface area contributed by atoms with Gasteiger partial charge in [-0.25, -0.2) is 9.98 Å². The molecule has 0 aromatic carbocycles. The molecule has 3 heterocycles. The van der Waals surface area contributed by atoms with Crippen molar-refractivity contribution in [2.24, 2.45) is 10.9 Å². The zero-order chi connectivity index (χ0) is 21.3. The van der Waals surface area contributed by atoms with E-state index in [4.69, 9.17) is 9.73 Å². The Morgan fingerprint density at radius 1 is 1.16 bits per heavy atom. The zero-order valence-electron chi connectivity index (χ0n) is 19.1. The van der Waals surface area contributed by atoms with Gasteiger partial charge in [-0.15, -0.1) is 24.0 Å². The third-order valence-corrected chi connectivity index (χ3v) is 5.46. The number of piperazine rings is 1. The van der Waals surface area contributed by atoms with Crippen LogP contribution in [0.1, 0.15) is 26.6 Å². The number of hydrogen-bond acceptors (Lipinski definition) is 5. The molecule has 0 bridgehead atoms. The molecule has 2 fully saturated rings. The molecular weight excluding hydrogens is 509 g/mol. The zero-order valence-corrected chi connectivity index (χ0v) is 21.5. The van der Waals surface area contributed by atoms with Crippen molar-refractivity contribution in [3.05, 3.63) is 18.2 Å². The van der Waals surface area contributed by atoms with E-state index >= 15 is 0 Å². The molecule has 9 nitrogen and oxygen atoms in total. The number of ether oxygens (including phenoxy) is 1. The van der Waals surface area contributed by atoms with Crippen LogP contribution in [0.3, 0.4) is 0 Å². The highest BCUT2D eigenvalue weighted by atomic mass is 127. The summed E-state index contributed by atoms with van der Waals surface area (Å²) in [6, 6.07) is 0. The van der Waals surface area contributed by atoms with Gasteiger partial charge in [-0.1, -0.05) is 13.8 Å². The number of carbonyl (C=O) groups is 1. The maximum absolute atomic E-state index is 12.5. The number of amides is 1. The molecule has 1 aromatic heterocycles. The normalized spacial score (nSPS) is 18.3. The van der Waals surface area contributed by atoms with Crippen molar-refractivity contribution in [1.82, 2.24) is 29.6 Å². The van der Waals surface area contributed by atoms with Crippen LogP contribution in [0.4, 0.5) is 0 Å². The predicted octanol–water partition coefficient (Wildman–Crippen LogP) is 1.10. The first-order valence-electron chi connectivity index (χ1n) is 11.2. The highest BCUT2D eigenvalue weighted by Crippen LogP contribution is 2.08. The van der Waals surface area contributed by atoms with Gasteiger partial charge in [0.15, 0.2) is 5.96 Å². The first kappa shape index (κ1) is 25.9. The van der Waals surface area contributed by atoms with E-state index in [0.29, 0.717) is 45.3 Å². The number of nitrogens with zero attached hydrogens (tertiary/aromatic N) is 6. The number of aromatic nitrogens is 2. The summed E-state index contributed by atoms with van der Waals surface area (Å²) in [6.45, 7) is 15.5. The maximum atomic E-state index is 12.5. The van der Waals surface area contributed by atoms with Crippen molar-refractivity contribution in [2.75, 3.05) is 65.6 Å². The van der Waals surface area contributed by atoms with E-state index in [1.807, 2.05) is 17.3 Å². The van der Waals surface area contributed by atoms with Crippen LogP contribution >= 0.6 is 24.0 Å². The minimum absolute atomic E-state index is 0. The minimum atomic E-state index is 0. The lowest BCUT2D eigenvalue weighted by atomic mass is 10.2. The number of carbonyl (C=O) groups excluding carboxylic acids is 1. The number of rotatable bonds is 7. The van der Waals surface area contributed by atoms with Crippen molar-refractivity contribution in [3.63, 3.8) is 0 Å². The Hall–Kier alpha value is -1.40. The Bertz CT molecular complexity index is 696. The molecule has 176 valence electrons. The van der Waals surface area contributed by atoms with Crippen molar-refractivity contribution in [1.29, 1.82) is 0 Å². The fourth-order valence-corrected chi connectivity index (χ4v) is 3.84. The van der Waals surface area contributed by atoms with Gasteiger partial charge in [0.2, 0.25) is 5.91 Å². The molecule has 1 amide bonds. The summed E-state index contributed by atoms with van der Waals surface area (Å²) < 4.78 is 7.53.